The van der Waals surface area contributed by atoms with Crippen LogP contribution in [0.15, 0.2) is 40.5 Å². The van der Waals surface area contributed by atoms with Gasteiger partial charge in [0.05, 0.1) is 5.75 Å². The van der Waals surface area contributed by atoms with E-state index in [-0.39, 0.29) is 23.7 Å². The number of fused-ring (bicyclic) bond motifs is 1. The molecule has 0 saturated carbocycles. The van der Waals surface area contributed by atoms with Crippen molar-refractivity contribution < 1.29 is 17.9 Å². The number of esters is 1. The van der Waals surface area contributed by atoms with Crippen LogP contribution in [-0.4, -0.2) is 37.4 Å². The van der Waals surface area contributed by atoms with Crippen molar-refractivity contribution in [3.05, 3.63) is 52.7 Å². The molecule has 24 heavy (non-hydrogen) atoms. The zero-order valence-electron chi connectivity index (χ0n) is 13.7. The number of nitrogens with zero attached hydrogens (tertiary/aromatic N) is 2. The van der Waals surface area contributed by atoms with E-state index in [1.807, 2.05) is 32.9 Å². The first-order valence-corrected chi connectivity index (χ1v) is 9.16. The molecule has 0 aromatic heterocycles. The normalized spacial score (nSPS) is 18.5. The molecule has 0 N–H and O–H groups in total. The second-order valence-electron chi connectivity index (χ2n) is 5.86. The molecule has 2 heterocycles. The highest BCUT2D eigenvalue weighted by molar-refractivity contribution is 7.90. The number of aryl methyl sites for hydroxylation is 2. The van der Waals surface area contributed by atoms with E-state index < -0.39 is 16.0 Å². The van der Waals surface area contributed by atoms with Crippen molar-refractivity contribution in [1.82, 2.24) is 4.90 Å². The molecular weight excluding hydrogens is 328 g/mol. The molecule has 6 nitrogen and oxygen atoms in total. The Kier molecular flexibility index (Phi) is 4.04. The van der Waals surface area contributed by atoms with Gasteiger partial charge in [0, 0.05) is 12.7 Å². The van der Waals surface area contributed by atoms with Gasteiger partial charge in [-0.2, -0.15) is 0 Å². The first-order chi connectivity index (χ1) is 11.3. The van der Waals surface area contributed by atoms with Crippen LogP contribution in [0.2, 0.25) is 0 Å². The SMILES string of the molecule is Cc1ccc(C)c(OC(=O)C2=CC=CN3CCS(=O)(=O)N=C23)c1C. The van der Waals surface area contributed by atoms with Crippen molar-refractivity contribution in [3.8, 4) is 5.75 Å². The molecule has 0 radical (unpaired) electrons. The Morgan fingerprint density at radius 2 is 1.92 bits per heavy atom. The maximum absolute atomic E-state index is 12.6. The molecule has 2 aliphatic rings. The molecule has 1 aromatic carbocycles. The molecule has 1 aromatic rings. The fraction of sp³-hybridized carbons (Fsp3) is 0.294. The van der Waals surface area contributed by atoms with Crippen LogP contribution in [0.5, 0.6) is 5.75 Å². The van der Waals surface area contributed by atoms with Crippen LogP contribution in [0.1, 0.15) is 16.7 Å². The number of rotatable bonds is 2. The highest BCUT2D eigenvalue weighted by Gasteiger charge is 2.31. The van der Waals surface area contributed by atoms with Gasteiger partial charge in [-0.3, -0.25) is 0 Å². The summed E-state index contributed by atoms with van der Waals surface area (Å²) in [5, 5.41) is 0. The topological polar surface area (TPSA) is 76.0 Å². The van der Waals surface area contributed by atoms with Crippen molar-refractivity contribution >= 4 is 21.8 Å². The van der Waals surface area contributed by atoms with E-state index in [4.69, 9.17) is 4.74 Å². The van der Waals surface area contributed by atoms with Gasteiger partial charge in [0.2, 0.25) is 0 Å². The lowest BCUT2D eigenvalue weighted by atomic mass is 10.1. The third-order valence-corrected chi connectivity index (χ3v) is 5.30. The standard InChI is InChI=1S/C17H18N2O4S/c1-11-6-7-12(2)15(13(11)3)23-17(20)14-5-4-8-19-9-10-24(21,22)18-16(14)19/h4-8H,9-10H2,1-3H3. The van der Waals surface area contributed by atoms with Crippen LogP contribution in [0.4, 0.5) is 0 Å². The molecule has 7 heteroatoms. The maximum atomic E-state index is 12.6. The molecule has 2 aliphatic heterocycles. The van der Waals surface area contributed by atoms with Crippen molar-refractivity contribution in [2.45, 2.75) is 20.8 Å². The minimum atomic E-state index is -3.55. The number of carbonyl (C=O) groups excluding carboxylic acids is 1. The summed E-state index contributed by atoms with van der Waals surface area (Å²) in [5.41, 5.74) is 2.88. The summed E-state index contributed by atoms with van der Waals surface area (Å²) in [5.74, 6) is -0.0609. The predicted molar refractivity (Wildman–Crippen MR) is 91.4 cm³/mol. The van der Waals surface area contributed by atoms with Crippen molar-refractivity contribution in [2.75, 3.05) is 12.3 Å². The fourth-order valence-electron chi connectivity index (χ4n) is 2.61. The van der Waals surface area contributed by atoms with Gasteiger partial charge in [-0.15, -0.1) is 4.40 Å². The van der Waals surface area contributed by atoms with Gasteiger partial charge in [0.15, 0.2) is 5.84 Å². The average Bonchev–Trinajstić information content (AvgIpc) is 2.53. The van der Waals surface area contributed by atoms with Gasteiger partial charge in [0.1, 0.15) is 11.3 Å². The summed E-state index contributed by atoms with van der Waals surface area (Å²) in [6, 6.07) is 3.85. The number of ether oxygens (including phenoxy) is 1. The fourth-order valence-corrected chi connectivity index (χ4v) is 3.59. The van der Waals surface area contributed by atoms with Crippen LogP contribution >= 0.6 is 0 Å². The van der Waals surface area contributed by atoms with E-state index in [1.54, 1.807) is 17.2 Å². The second-order valence-corrected chi connectivity index (χ2v) is 7.61. The van der Waals surface area contributed by atoms with Crippen LogP contribution in [0.3, 0.4) is 0 Å². The zero-order chi connectivity index (χ0) is 17.5. The highest BCUT2D eigenvalue weighted by Crippen LogP contribution is 2.27. The lowest BCUT2D eigenvalue weighted by molar-refractivity contribution is -0.129. The largest absolute Gasteiger partial charge is 0.422 e. The van der Waals surface area contributed by atoms with E-state index in [0.29, 0.717) is 5.75 Å². The predicted octanol–water partition coefficient (Wildman–Crippen LogP) is 2.01. The minimum absolute atomic E-state index is 0.0702. The zero-order valence-corrected chi connectivity index (χ0v) is 14.6. The number of hydrogen-bond acceptors (Lipinski definition) is 5. The molecule has 0 unspecified atom stereocenters. The van der Waals surface area contributed by atoms with Gasteiger partial charge < -0.3 is 9.64 Å². The molecule has 0 fully saturated rings. The van der Waals surface area contributed by atoms with Crippen LogP contribution in [0.25, 0.3) is 0 Å². The van der Waals surface area contributed by atoms with Crippen molar-refractivity contribution in [3.63, 3.8) is 0 Å². The van der Waals surface area contributed by atoms with Gasteiger partial charge in [0.25, 0.3) is 10.0 Å². The van der Waals surface area contributed by atoms with Gasteiger partial charge >= 0.3 is 5.97 Å². The Bertz CT molecular complexity index is 911. The quantitative estimate of drug-likeness (QED) is 0.605. The molecule has 0 bridgehead atoms. The first-order valence-electron chi connectivity index (χ1n) is 7.55. The van der Waals surface area contributed by atoms with E-state index in [9.17, 15) is 13.2 Å². The summed E-state index contributed by atoms with van der Waals surface area (Å²) < 4.78 is 32.8. The summed E-state index contributed by atoms with van der Waals surface area (Å²) in [6.07, 6.45) is 4.91. The third kappa shape index (κ3) is 2.99. The van der Waals surface area contributed by atoms with Crippen LogP contribution in [0, 0.1) is 20.8 Å². The maximum Gasteiger partial charge on any atom is 0.347 e. The Labute approximate surface area is 141 Å². The monoisotopic (exact) mass is 346 g/mol. The molecule has 126 valence electrons. The lowest BCUT2D eigenvalue weighted by Gasteiger charge is -2.28. The number of sulfonamides is 1. The Morgan fingerprint density at radius 1 is 1.21 bits per heavy atom. The molecule has 0 spiro atoms. The third-order valence-electron chi connectivity index (χ3n) is 4.15. The Balaban J connectivity index is 1.96. The van der Waals surface area contributed by atoms with E-state index >= 15 is 0 Å². The van der Waals surface area contributed by atoms with Crippen molar-refractivity contribution in [1.29, 1.82) is 0 Å². The molecule has 3 rings (SSSR count). The summed E-state index contributed by atoms with van der Waals surface area (Å²) in [4.78, 5) is 14.3. The molecule has 0 saturated heterocycles. The van der Waals surface area contributed by atoms with E-state index in [1.165, 1.54) is 6.08 Å². The Morgan fingerprint density at radius 3 is 2.67 bits per heavy atom. The van der Waals surface area contributed by atoms with E-state index in [2.05, 4.69) is 4.40 Å². The second kappa shape index (κ2) is 5.90. The minimum Gasteiger partial charge on any atom is -0.422 e. The Hall–Kier alpha value is -2.41. The summed E-state index contributed by atoms with van der Waals surface area (Å²) in [7, 11) is -3.55. The van der Waals surface area contributed by atoms with Crippen molar-refractivity contribution in [2.24, 2.45) is 4.40 Å². The number of allylic oxidation sites excluding steroid dienone is 2. The molecule has 0 amide bonds. The highest BCUT2D eigenvalue weighted by atomic mass is 32.2. The summed E-state index contributed by atoms with van der Waals surface area (Å²) >= 11 is 0. The molecule has 0 atom stereocenters. The molecular formula is C17H18N2O4S. The van der Waals surface area contributed by atoms with Gasteiger partial charge in [-0.1, -0.05) is 12.1 Å². The van der Waals surface area contributed by atoms with Gasteiger partial charge in [-0.25, -0.2) is 13.2 Å². The average molecular weight is 346 g/mol. The number of carbonyl (C=O) groups is 1. The summed E-state index contributed by atoms with van der Waals surface area (Å²) in [6.45, 7) is 5.95. The number of benzene rings is 1. The van der Waals surface area contributed by atoms with E-state index in [0.717, 1.165) is 16.7 Å². The van der Waals surface area contributed by atoms with Crippen LogP contribution < -0.4 is 4.74 Å². The number of amidine groups is 1. The smallest absolute Gasteiger partial charge is 0.347 e. The number of hydrogen-bond donors (Lipinski definition) is 0. The molecule has 0 aliphatic carbocycles. The van der Waals surface area contributed by atoms with Gasteiger partial charge in [-0.05, 0) is 49.6 Å². The first kappa shape index (κ1) is 16.4. The lowest BCUT2D eigenvalue weighted by Crippen LogP contribution is -2.40. The van der Waals surface area contributed by atoms with Crippen LogP contribution in [-0.2, 0) is 14.8 Å².